The molecule has 2 aliphatic rings. The van der Waals surface area contributed by atoms with E-state index in [0.717, 1.165) is 12.8 Å². The van der Waals surface area contributed by atoms with Crippen LogP contribution in [0.25, 0.3) is 0 Å². The van der Waals surface area contributed by atoms with Crippen LogP contribution in [0.1, 0.15) is 51.4 Å². The van der Waals surface area contributed by atoms with Gasteiger partial charge >= 0.3 is 5.97 Å². The van der Waals surface area contributed by atoms with Crippen LogP contribution in [0.15, 0.2) is 0 Å². The third kappa shape index (κ3) is 3.69. The SMILES string of the molecule is COC(=O)C1(CCOC2CCCCCCC2)CO1. The molecular formula is C14H24O4. The second kappa shape index (κ2) is 6.53. The van der Waals surface area contributed by atoms with Crippen molar-refractivity contribution in [3.8, 4) is 0 Å². The summed E-state index contributed by atoms with van der Waals surface area (Å²) in [6, 6.07) is 0. The molecule has 0 aromatic rings. The van der Waals surface area contributed by atoms with Gasteiger partial charge in [-0.2, -0.15) is 0 Å². The van der Waals surface area contributed by atoms with Crippen LogP contribution in [-0.4, -0.2) is 38.0 Å². The fourth-order valence-corrected chi connectivity index (χ4v) is 2.61. The lowest BCUT2D eigenvalue weighted by Gasteiger charge is -2.20. The van der Waals surface area contributed by atoms with Gasteiger partial charge in [-0.25, -0.2) is 4.79 Å². The predicted molar refractivity (Wildman–Crippen MR) is 67.4 cm³/mol. The Balaban J connectivity index is 1.66. The highest BCUT2D eigenvalue weighted by molar-refractivity contribution is 5.82. The lowest BCUT2D eigenvalue weighted by atomic mass is 9.98. The number of methoxy groups -OCH3 is 1. The summed E-state index contributed by atoms with van der Waals surface area (Å²) < 4.78 is 15.9. The van der Waals surface area contributed by atoms with Crippen LogP contribution in [-0.2, 0) is 19.0 Å². The van der Waals surface area contributed by atoms with E-state index in [1.54, 1.807) is 0 Å². The number of rotatable bonds is 5. The van der Waals surface area contributed by atoms with Crippen LogP contribution in [0.5, 0.6) is 0 Å². The molecule has 0 spiro atoms. The Hall–Kier alpha value is -0.610. The van der Waals surface area contributed by atoms with Crippen molar-refractivity contribution in [2.45, 2.75) is 63.1 Å². The van der Waals surface area contributed by atoms with Crippen LogP contribution >= 0.6 is 0 Å². The van der Waals surface area contributed by atoms with E-state index in [4.69, 9.17) is 14.2 Å². The molecule has 1 saturated heterocycles. The fourth-order valence-electron chi connectivity index (χ4n) is 2.61. The molecule has 104 valence electrons. The first-order valence-electron chi connectivity index (χ1n) is 7.11. The van der Waals surface area contributed by atoms with Crippen molar-refractivity contribution in [2.24, 2.45) is 0 Å². The second-order valence-electron chi connectivity index (χ2n) is 5.36. The van der Waals surface area contributed by atoms with Crippen molar-refractivity contribution in [2.75, 3.05) is 20.3 Å². The number of esters is 1. The van der Waals surface area contributed by atoms with Gasteiger partial charge in [-0.3, -0.25) is 0 Å². The topological polar surface area (TPSA) is 48.1 Å². The number of hydrogen-bond donors (Lipinski definition) is 0. The second-order valence-corrected chi connectivity index (χ2v) is 5.36. The van der Waals surface area contributed by atoms with Crippen molar-refractivity contribution in [3.05, 3.63) is 0 Å². The lowest BCUT2D eigenvalue weighted by molar-refractivity contribution is -0.148. The number of carbonyl (C=O) groups excluding carboxylic acids is 1. The molecule has 0 bridgehead atoms. The Morgan fingerprint density at radius 2 is 1.83 bits per heavy atom. The predicted octanol–water partition coefficient (Wildman–Crippen LogP) is 2.45. The summed E-state index contributed by atoms with van der Waals surface area (Å²) in [5, 5.41) is 0. The Bertz CT molecular complexity index is 265. The van der Waals surface area contributed by atoms with Crippen molar-refractivity contribution in [1.82, 2.24) is 0 Å². The molecule has 18 heavy (non-hydrogen) atoms. The average Bonchev–Trinajstić information content (AvgIpc) is 3.12. The molecule has 2 fully saturated rings. The van der Waals surface area contributed by atoms with E-state index in [2.05, 4.69) is 0 Å². The van der Waals surface area contributed by atoms with E-state index >= 15 is 0 Å². The van der Waals surface area contributed by atoms with Crippen molar-refractivity contribution >= 4 is 5.97 Å². The minimum absolute atomic E-state index is 0.260. The molecule has 2 rings (SSSR count). The average molecular weight is 256 g/mol. The molecule has 1 heterocycles. The maximum absolute atomic E-state index is 11.5. The quantitative estimate of drug-likeness (QED) is 0.560. The fraction of sp³-hybridized carbons (Fsp3) is 0.929. The summed E-state index contributed by atoms with van der Waals surface area (Å²) >= 11 is 0. The number of epoxide rings is 1. The molecular weight excluding hydrogens is 232 g/mol. The standard InChI is InChI=1S/C14H24O4/c1-16-13(15)14(11-18-14)9-10-17-12-7-5-3-2-4-6-8-12/h12H,2-11H2,1H3. The van der Waals surface area contributed by atoms with E-state index in [-0.39, 0.29) is 5.97 Å². The van der Waals surface area contributed by atoms with Crippen LogP contribution in [0, 0.1) is 0 Å². The molecule has 1 saturated carbocycles. The van der Waals surface area contributed by atoms with Crippen LogP contribution < -0.4 is 0 Å². The third-order valence-corrected chi connectivity index (χ3v) is 3.96. The monoisotopic (exact) mass is 256 g/mol. The maximum Gasteiger partial charge on any atom is 0.340 e. The van der Waals surface area contributed by atoms with Gasteiger partial charge in [-0.05, 0) is 12.8 Å². The normalized spacial score (nSPS) is 29.4. The van der Waals surface area contributed by atoms with E-state index in [1.165, 1.54) is 39.2 Å². The van der Waals surface area contributed by atoms with Gasteiger partial charge in [0.05, 0.1) is 26.4 Å². The Labute approximate surface area is 109 Å². The van der Waals surface area contributed by atoms with Gasteiger partial charge in [0.1, 0.15) is 0 Å². The molecule has 1 aliphatic carbocycles. The van der Waals surface area contributed by atoms with Gasteiger partial charge in [0.15, 0.2) is 5.60 Å². The minimum Gasteiger partial charge on any atom is -0.467 e. The molecule has 0 aromatic heterocycles. The molecule has 4 heteroatoms. The Kier molecular flexibility index (Phi) is 5.01. The molecule has 0 N–H and O–H groups in total. The van der Waals surface area contributed by atoms with Crippen molar-refractivity contribution in [1.29, 1.82) is 0 Å². The third-order valence-electron chi connectivity index (χ3n) is 3.96. The molecule has 4 nitrogen and oxygen atoms in total. The molecule has 1 unspecified atom stereocenters. The zero-order valence-electron chi connectivity index (χ0n) is 11.3. The van der Waals surface area contributed by atoms with E-state index in [0.29, 0.717) is 25.7 Å². The van der Waals surface area contributed by atoms with Gasteiger partial charge in [-0.15, -0.1) is 0 Å². The summed E-state index contributed by atoms with van der Waals surface area (Å²) in [7, 11) is 1.40. The van der Waals surface area contributed by atoms with Crippen LogP contribution in [0.2, 0.25) is 0 Å². The van der Waals surface area contributed by atoms with Gasteiger partial charge in [0.25, 0.3) is 0 Å². The summed E-state index contributed by atoms with van der Waals surface area (Å²) in [4.78, 5) is 11.5. The minimum atomic E-state index is -0.684. The van der Waals surface area contributed by atoms with Crippen molar-refractivity contribution in [3.63, 3.8) is 0 Å². The van der Waals surface area contributed by atoms with E-state index < -0.39 is 5.60 Å². The zero-order chi connectivity index (χ0) is 12.8. The van der Waals surface area contributed by atoms with Crippen LogP contribution in [0.4, 0.5) is 0 Å². The highest BCUT2D eigenvalue weighted by Crippen LogP contribution is 2.32. The number of ether oxygens (including phenoxy) is 3. The number of hydrogen-bond acceptors (Lipinski definition) is 4. The zero-order valence-corrected chi connectivity index (χ0v) is 11.3. The van der Waals surface area contributed by atoms with Crippen LogP contribution in [0.3, 0.4) is 0 Å². The molecule has 0 aromatic carbocycles. The lowest BCUT2D eigenvalue weighted by Crippen LogP contribution is -2.28. The molecule has 0 amide bonds. The molecule has 1 aliphatic heterocycles. The van der Waals surface area contributed by atoms with E-state index in [1.807, 2.05) is 0 Å². The Morgan fingerprint density at radius 1 is 1.22 bits per heavy atom. The number of carbonyl (C=O) groups is 1. The van der Waals surface area contributed by atoms with Gasteiger partial charge in [-0.1, -0.05) is 32.1 Å². The highest BCUT2D eigenvalue weighted by atomic mass is 16.6. The largest absolute Gasteiger partial charge is 0.467 e. The van der Waals surface area contributed by atoms with Gasteiger partial charge in [0, 0.05) is 6.42 Å². The van der Waals surface area contributed by atoms with Gasteiger partial charge < -0.3 is 14.2 Å². The first-order valence-corrected chi connectivity index (χ1v) is 7.11. The summed E-state index contributed by atoms with van der Waals surface area (Å²) in [5.74, 6) is -0.260. The maximum atomic E-state index is 11.5. The summed E-state index contributed by atoms with van der Waals surface area (Å²) in [6.45, 7) is 1.08. The smallest absolute Gasteiger partial charge is 0.340 e. The molecule has 1 atom stereocenters. The summed E-state index contributed by atoms with van der Waals surface area (Å²) in [6.07, 6.45) is 9.87. The summed E-state index contributed by atoms with van der Waals surface area (Å²) in [5.41, 5.74) is -0.684. The molecule has 0 radical (unpaired) electrons. The Morgan fingerprint density at radius 3 is 2.39 bits per heavy atom. The highest BCUT2D eigenvalue weighted by Gasteiger charge is 2.53. The van der Waals surface area contributed by atoms with Gasteiger partial charge in [0.2, 0.25) is 0 Å². The first-order chi connectivity index (χ1) is 8.77. The first kappa shape index (κ1) is 13.8. The van der Waals surface area contributed by atoms with Crippen molar-refractivity contribution < 1.29 is 19.0 Å². The van der Waals surface area contributed by atoms with E-state index in [9.17, 15) is 4.79 Å².